The summed E-state index contributed by atoms with van der Waals surface area (Å²) in [6, 6.07) is 5.18. The summed E-state index contributed by atoms with van der Waals surface area (Å²) in [6.45, 7) is 3.92. The molecule has 94 valence electrons. The molecule has 0 aromatic heterocycles. The molecule has 1 heterocycles. The molecule has 2 fully saturated rings. The highest BCUT2D eigenvalue weighted by Crippen LogP contribution is 2.63. The van der Waals surface area contributed by atoms with Crippen molar-refractivity contribution in [3.63, 3.8) is 0 Å². The molecule has 1 aliphatic carbocycles. The van der Waals surface area contributed by atoms with Gasteiger partial charge < -0.3 is 5.73 Å². The van der Waals surface area contributed by atoms with Crippen LogP contribution in [0.1, 0.15) is 13.8 Å². The number of hydrogen-bond donors (Lipinski definition) is 1. The third-order valence-electron chi connectivity index (χ3n) is 4.03. The maximum absolute atomic E-state index is 12.2. The quantitative estimate of drug-likeness (QED) is 0.639. The van der Waals surface area contributed by atoms with Crippen LogP contribution in [0.2, 0.25) is 0 Å². The molecule has 2 aliphatic rings. The van der Waals surface area contributed by atoms with Gasteiger partial charge in [0, 0.05) is 4.47 Å². The second-order valence-corrected chi connectivity index (χ2v) is 6.41. The molecule has 1 aromatic carbocycles. The van der Waals surface area contributed by atoms with Crippen LogP contribution < -0.4 is 10.6 Å². The molecule has 0 radical (unpaired) electrons. The second kappa shape index (κ2) is 3.35. The topological polar surface area (TPSA) is 63.4 Å². The molecule has 18 heavy (non-hydrogen) atoms. The Morgan fingerprint density at radius 3 is 2.28 bits per heavy atom. The van der Waals surface area contributed by atoms with E-state index in [1.54, 1.807) is 18.2 Å². The smallest absolute Gasteiger partial charge is 0.238 e. The summed E-state index contributed by atoms with van der Waals surface area (Å²) in [5.74, 6) is -0.589. The van der Waals surface area contributed by atoms with Gasteiger partial charge in [0.2, 0.25) is 11.8 Å². The summed E-state index contributed by atoms with van der Waals surface area (Å²) in [6.07, 6.45) is 0. The number of carbonyl (C=O) groups excluding carboxylic acids is 2. The molecule has 0 spiro atoms. The van der Waals surface area contributed by atoms with E-state index in [1.807, 2.05) is 13.8 Å². The fourth-order valence-electron chi connectivity index (χ4n) is 2.91. The van der Waals surface area contributed by atoms with Crippen molar-refractivity contribution in [1.29, 1.82) is 0 Å². The van der Waals surface area contributed by atoms with Gasteiger partial charge in [-0.05, 0) is 23.6 Å². The lowest BCUT2D eigenvalue weighted by Gasteiger charge is -2.21. The Balaban J connectivity index is 2.01. The summed E-state index contributed by atoms with van der Waals surface area (Å²) in [4.78, 5) is 25.7. The zero-order valence-electron chi connectivity index (χ0n) is 10.1. The number of fused-ring (bicyclic) bond motifs is 1. The van der Waals surface area contributed by atoms with E-state index in [-0.39, 0.29) is 29.1 Å². The first-order valence-corrected chi connectivity index (χ1v) is 6.58. The van der Waals surface area contributed by atoms with E-state index in [2.05, 4.69) is 15.9 Å². The molecule has 2 atom stereocenters. The Morgan fingerprint density at radius 2 is 1.78 bits per heavy atom. The highest BCUT2D eigenvalue weighted by atomic mass is 79.9. The van der Waals surface area contributed by atoms with Crippen LogP contribution in [0.4, 0.5) is 11.4 Å². The van der Waals surface area contributed by atoms with Crippen LogP contribution in [0.3, 0.4) is 0 Å². The lowest BCUT2D eigenvalue weighted by molar-refractivity contribution is -0.125. The number of benzene rings is 1. The van der Waals surface area contributed by atoms with Crippen molar-refractivity contribution in [2.75, 3.05) is 10.6 Å². The van der Waals surface area contributed by atoms with Gasteiger partial charge in [-0.2, -0.15) is 0 Å². The number of halogens is 1. The van der Waals surface area contributed by atoms with Gasteiger partial charge in [-0.15, -0.1) is 0 Å². The Kier molecular flexibility index (Phi) is 2.18. The van der Waals surface area contributed by atoms with Crippen LogP contribution in [-0.4, -0.2) is 11.8 Å². The van der Waals surface area contributed by atoms with E-state index in [4.69, 9.17) is 5.73 Å². The molecule has 1 saturated carbocycles. The van der Waals surface area contributed by atoms with Crippen molar-refractivity contribution < 1.29 is 9.59 Å². The molecular formula is C13H13BrN2O2. The SMILES string of the molecule is CC1(C)C2C(=O)N(c3ccc(Br)cc3N)C(=O)C21. The van der Waals surface area contributed by atoms with Gasteiger partial charge in [-0.25, -0.2) is 4.90 Å². The number of carbonyl (C=O) groups is 2. The number of imide groups is 1. The number of amides is 2. The van der Waals surface area contributed by atoms with Crippen molar-refractivity contribution in [2.45, 2.75) is 13.8 Å². The molecule has 3 rings (SSSR count). The lowest BCUT2D eigenvalue weighted by atomic mass is 10.0. The van der Waals surface area contributed by atoms with E-state index >= 15 is 0 Å². The highest BCUT2D eigenvalue weighted by Gasteiger charge is 2.72. The number of hydrogen-bond acceptors (Lipinski definition) is 3. The molecule has 5 heteroatoms. The number of piperidine rings is 1. The molecule has 2 N–H and O–H groups in total. The zero-order valence-corrected chi connectivity index (χ0v) is 11.7. The van der Waals surface area contributed by atoms with Gasteiger partial charge in [0.15, 0.2) is 0 Å². The summed E-state index contributed by atoms with van der Waals surface area (Å²) >= 11 is 3.31. The number of anilines is 2. The van der Waals surface area contributed by atoms with Gasteiger partial charge in [0.25, 0.3) is 0 Å². The molecule has 4 nitrogen and oxygen atoms in total. The molecular weight excluding hydrogens is 296 g/mol. The third kappa shape index (κ3) is 1.31. The van der Waals surface area contributed by atoms with Gasteiger partial charge >= 0.3 is 0 Å². The van der Waals surface area contributed by atoms with Crippen molar-refractivity contribution in [3.05, 3.63) is 22.7 Å². The Morgan fingerprint density at radius 1 is 1.22 bits per heavy atom. The van der Waals surface area contributed by atoms with E-state index in [1.165, 1.54) is 4.90 Å². The maximum Gasteiger partial charge on any atom is 0.238 e. The minimum absolute atomic E-state index is 0.121. The minimum Gasteiger partial charge on any atom is -0.397 e. The lowest BCUT2D eigenvalue weighted by Crippen LogP contribution is -2.36. The van der Waals surface area contributed by atoms with Crippen molar-refractivity contribution in [1.82, 2.24) is 0 Å². The maximum atomic E-state index is 12.2. The van der Waals surface area contributed by atoms with Crippen LogP contribution in [0.15, 0.2) is 22.7 Å². The van der Waals surface area contributed by atoms with Crippen LogP contribution in [0, 0.1) is 17.3 Å². The Labute approximate surface area is 113 Å². The van der Waals surface area contributed by atoms with Crippen LogP contribution in [-0.2, 0) is 9.59 Å². The first-order valence-electron chi connectivity index (χ1n) is 5.78. The van der Waals surface area contributed by atoms with Crippen LogP contribution in [0.5, 0.6) is 0 Å². The zero-order chi connectivity index (χ0) is 13.2. The summed E-state index contributed by atoms with van der Waals surface area (Å²) < 4.78 is 0.827. The number of nitrogens with zero attached hydrogens (tertiary/aromatic N) is 1. The number of rotatable bonds is 1. The van der Waals surface area contributed by atoms with Crippen molar-refractivity contribution in [2.24, 2.45) is 17.3 Å². The third-order valence-corrected chi connectivity index (χ3v) is 4.52. The van der Waals surface area contributed by atoms with E-state index in [9.17, 15) is 9.59 Å². The van der Waals surface area contributed by atoms with Crippen LogP contribution in [0.25, 0.3) is 0 Å². The number of nitrogens with two attached hydrogens (primary N) is 1. The van der Waals surface area contributed by atoms with E-state index in [0.717, 1.165) is 4.47 Å². The fourth-order valence-corrected chi connectivity index (χ4v) is 3.29. The summed E-state index contributed by atoms with van der Waals surface area (Å²) in [5.41, 5.74) is 6.62. The summed E-state index contributed by atoms with van der Waals surface area (Å²) in [5, 5.41) is 0. The van der Waals surface area contributed by atoms with Crippen molar-refractivity contribution >= 4 is 39.1 Å². The normalized spacial score (nSPS) is 28.5. The van der Waals surface area contributed by atoms with Crippen molar-refractivity contribution in [3.8, 4) is 0 Å². The van der Waals surface area contributed by atoms with Gasteiger partial charge in [0.1, 0.15) is 0 Å². The predicted molar refractivity (Wildman–Crippen MR) is 71.8 cm³/mol. The minimum atomic E-state index is -0.186. The highest BCUT2D eigenvalue weighted by molar-refractivity contribution is 9.10. The Hall–Kier alpha value is -1.36. The van der Waals surface area contributed by atoms with Gasteiger partial charge in [0.05, 0.1) is 23.2 Å². The molecule has 2 amide bonds. The first-order chi connectivity index (χ1) is 8.35. The molecule has 1 aromatic rings. The van der Waals surface area contributed by atoms with Gasteiger partial charge in [-0.3, -0.25) is 9.59 Å². The average Bonchev–Trinajstić information content (AvgIpc) is 2.72. The average molecular weight is 309 g/mol. The molecule has 2 unspecified atom stereocenters. The summed E-state index contributed by atoms with van der Waals surface area (Å²) in [7, 11) is 0. The standard InChI is InChI=1S/C13H13BrN2O2/c1-13(2)9-10(13)12(18)16(11(9)17)8-4-3-6(14)5-7(8)15/h3-5,9-10H,15H2,1-2H3. The Bertz CT molecular complexity index is 558. The molecule has 1 aliphatic heterocycles. The monoisotopic (exact) mass is 308 g/mol. The first kappa shape index (κ1) is 11.7. The molecule has 0 bridgehead atoms. The van der Waals surface area contributed by atoms with E-state index < -0.39 is 0 Å². The van der Waals surface area contributed by atoms with Gasteiger partial charge in [-0.1, -0.05) is 29.8 Å². The fraction of sp³-hybridized carbons (Fsp3) is 0.385. The second-order valence-electron chi connectivity index (χ2n) is 5.49. The largest absolute Gasteiger partial charge is 0.397 e. The number of nitrogen functional groups attached to an aromatic ring is 1. The molecule has 1 saturated heterocycles. The van der Waals surface area contributed by atoms with E-state index in [0.29, 0.717) is 11.4 Å². The van der Waals surface area contributed by atoms with Crippen LogP contribution >= 0.6 is 15.9 Å². The predicted octanol–water partition coefficient (Wildman–Crippen LogP) is 2.18.